The Hall–Kier alpha value is -2.96. The van der Waals surface area contributed by atoms with E-state index in [1.165, 1.54) is 6.07 Å². The predicted octanol–water partition coefficient (Wildman–Crippen LogP) is 4.58. The number of anilines is 2. The van der Waals surface area contributed by atoms with E-state index in [2.05, 4.69) is 21.3 Å². The molecule has 6 heteroatoms. The van der Waals surface area contributed by atoms with Crippen molar-refractivity contribution in [2.24, 2.45) is 0 Å². The zero-order chi connectivity index (χ0) is 21.6. The third-order valence-electron chi connectivity index (χ3n) is 5.67. The number of rotatable bonds is 7. The van der Waals surface area contributed by atoms with Crippen LogP contribution in [0.15, 0.2) is 54.7 Å². The first kappa shape index (κ1) is 21.3. The SMILES string of the molecule is Cc1cc(-c2ncccc2-c2ccc(N)c(NCCCN3CCOCC3)c2)ccc1F. The highest BCUT2D eigenvalue weighted by molar-refractivity contribution is 5.84. The van der Waals surface area contributed by atoms with Crippen molar-refractivity contribution in [3.8, 4) is 22.4 Å². The third-order valence-corrected chi connectivity index (χ3v) is 5.67. The van der Waals surface area contributed by atoms with Gasteiger partial charge in [-0.3, -0.25) is 9.88 Å². The molecule has 0 spiro atoms. The van der Waals surface area contributed by atoms with E-state index in [-0.39, 0.29) is 5.82 Å². The second-order valence-corrected chi connectivity index (χ2v) is 7.90. The van der Waals surface area contributed by atoms with Crippen LogP contribution in [-0.2, 0) is 4.74 Å². The van der Waals surface area contributed by atoms with Crippen LogP contribution in [0.3, 0.4) is 0 Å². The molecule has 2 heterocycles. The Morgan fingerprint density at radius 2 is 1.90 bits per heavy atom. The molecular formula is C25H29FN4O. The lowest BCUT2D eigenvalue weighted by Crippen LogP contribution is -2.37. The van der Waals surface area contributed by atoms with Gasteiger partial charge in [0.2, 0.25) is 0 Å². The molecule has 3 N–H and O–H groups in total. The first-order valence-electron chi connectivity index (χ1n) is 10.8. The Morgan fingerprint density at radius 1 is 1.10 bits per heavy atom. The molecule has 2 aromatic carbocycles. The van der Waals surface area contributed by atoms with Crippen molar-refractivity contribution in [1.29, 1.82) is 0 Å². The van der Waals surface area contributed by atoms with Gasteiger partial charge < -0.3 is 15.8 Å². The molecule has 0 amide bonds. The lowest BCUT2D eigenvalue weighted by atomic mass is 9.97. The molecule has 0 radical (unpaired) electrons. The van der Waals surface area contributed by atoms with Gasteiger partial charge in [-0.1, -0.05) is 12.1 Å². The molecule has 1 aromatic heterocycles. The van der Waals surface area contributed by atoms with Crippen LogP contribution in [0.1, 0.15) is 12.0 Å². The van der Waals surface area contributed by atoms with Crippen LogP contribution in [0, 0.1) is 12.7 Å². The molecule has 3 aromatic rings. The molecule has 0 bridgehead atoms. The van der Waals surface area contributed by atoms with E-state index >= 15 is 0 Å². The van der Waals surface area contributed by atoms with E-state index in [1.54, 1.807) is 19.2 Å². The van der Waals surface area contributed by atoms with Gasteiger partial charge in [0.15, 0.2) is 0 Å². The van der Waals surface area contributed by atoms with Gasteiger partial charge in [-0.05, 0) is 67.4 Å². The Bertz CT molecular complexity index is 1030. The van der Waals surface area contributed by atoms with Crippen LogP contribution in [-0.4, -0.2) is 49.3 Å². The second-order valence-electron chi connectivity index (χ2n) is 7.90. The number of hydrogen-bond donors (Lipinski definition) is 2. The van der Waals surface area contributed by atoms with Crippen molar-refractivity contribution in [2.75, 3.05) is 50.4 Å². The number of ether oxygens (including phenoxy) is 1. The third kappa shape index (κ3) is 5.21. The summed E-state index contributed by atoms with van der Waals surface area (Å²) in [5.74, 6) is -0.211. The van der Waals surface area contributed by atoms with Crippen LogP contribution in [0.25, 0.3) is 22.4 Å². The molecule has 1 aliphatic heterocycles. The Balaban J connectivity index is 1.51. The van der Waals surface area contributed by atoms with Gasteiger partial charge >= 0.3 is 0 Å². The van der Waals surface area contributed by atoms with E-state index in [0.29, 0.717) is 5.56 Å². The maximum absolute atomic E-state index is 13.7. The maximum Gasteiger partial charge on any atom is 0.126 e. The fourth-order valence-electron chi connectivity index (χ4n) is 3.89. The summed E-state index contributed by atoms with van der Waals surface area (Å²) in [6.45, 7) is 7.32. The van der Waals surface area contributed by atoms with Crippen molar-refractivity contribution in [1.82, 2.24) is 9.88 Å². The fourth-order valence-corrected chi connectivity index (χ4v) is 3.89. The van der Waals surface area contributed by atoms with Crippen LogP contribution in [0.5, 0.6) is 0 Å². The quantitative estimate of drug-likeness (QED) is 0.433. The summed E-state index contributed by atoms with van der Waals surface area (Å²) in [5, 5.41) is 3.49. The summed E-state index contributed by atoms with van der Waals surface area (Å²) in [5.41, 5.74) is 12.2. The number of morpholine rings is 1. The highest BCUT2D eigenvalue weighted by atomic mass is 19.1. The van der Waals surface area contributed by atoms with E-state index in [0.717, 1.165) is 79.6 Å². The number of hydrogen-bond acceptors (Lipinski definition) is 5. The molecule has 1 fully saturated rings. The maximum atomic E-state index is 13.7. The molecule has 0 atom stereocenters. The monoisotopic (exact) mass is 420 g/mol. The van der Waals surface area contributed by atoms with E-state index in [4.69, 9.17) is 10.5 Å². The van der Waals surface area contributed by atoms with E-state index < -0.39 is 0 Å². The number of nitrogen functional groups attached to an aromatic ring is 1. The van der Waals surface area contributed by atoms with Gasteiger partial charge in [-0.2, -0.15) is 0 Å². The van der Waals surface area contributed by atoms with Crippen molar-refractivity contribution in [2.45, 2.75) is 13.3 Å². The van der Waals surface area contributed by atoms with Gasteiger partial charge in [0.1, 0.15) is 5.82 Å². The zero-order valence-electron chi connectivity index (χ0n) is 17.9. The Kier molecular flexibility index (Phi) is 6.79. The molecule has 0 aliphatic carbocycles. The summed E-state index contributed by atoms with van der Waals surface area (Å²) in [6, 6.07) is 15.1. The van der Waals surface area contributed by atoms with Crippen LogP contribution >= 0.6 is 0 Å². The lowest BCUT2D eigenvalue weighted by molar-refractivity contribution is 0.0378. The molecule has 162 valence electrons. The van der Waals surface area contributed by atoms with Crippen LogP contribution < -0.4 is 11.1 Å². The van der Waals surface area contributed by atoms with Crippen LogP contribution in [0.4, 0.5) is 15.8 Å². The number of nitrogens with two attached hydrogens (primary N) is 1. The fraction of sp³-hybridized carbons (Fsp3) is 0.320. The average Bonchev–Trinajstić information content (AvgIpc) is 2.80. The molecular weight excluding hydrogens is 391 g/mol. The van der Waals surface area contributed by atoms with Gasteiger partial charge in [0.05, 0.1) is 30.3 Å². The summed E-state index contributed by atoms with van der Waals surface area (Å²) < 4.78 is 19.2. The van der Waals surface area contributed by atoms with Crippen LogP contribution in [0.2, 0.25) is 0 Å². The minimum atomic E-state index is -0.211. The minimum absolute atomic E-state index is 0.211. The van der Waals surface area contributed by atoms with Gasteiger partial charge in [0, 0.05) is 37.0 Å². The number of halogens is 1. The number of nitrogens with one attached hydrogen (secondary N) is 1. The first-order chi connectivity index (χ1) is 15.1. The van der Waals surface area contributed by atoms with Gasteiger partial charge in [-0.25, -0.2) is 4.39 Å². The second kappa shape index (κ2) is 9.90. The topological polar surface area (TPSA) is 63.4 Å². The lowest BCUT2D eigenvalue weighted by Gasteiger charge is -2.26. The summed E-state index contributed by atoms with van der Waals surface area (Å²) in [7, 11) is 0. The predicted molar refractivity (Wildman–Crippen MR) is 125 cm³/mol. The Labute approximate surface area is 183 Å². The first-order valence-corrected chi connectivity index (χ1v) is 10.8. The number of benzene rings is 2. The highest BCUT2D eigenvalue weighted by Crippen LogP contribution is 2.34. The van der Waals surface area contributed by atoms with Crippen molar-refractivity contribution in [3.63, 3.8) is 0 Å². The number of aryl methyl sites for hydroxylation is 1. The standard InChI is InChI=1S/C25H29FN4O/c1-18-16-20(5-7-22(18)26)25-21(4-2-9-29-25)19-6-8-23(27)24(17-19)28-10-3-11-30-12-14-31-15-13-30/h2,4-9,16-17,28H,3,10-15,27H2,1H3. The minimum Gasteiger partial charge on any atom is -0.397 e. The molecule has 0 unspecified atom stereocenters. The molecule has 31 heavy (non-hydrogen) atoms. The largest absolute Gasteiger partial charge is 0.397 e. The highest BCUT2D eigenvalue weighted by Gasteiger charge is 2.12. The van der Waals surface area contributed by atoms with Gasteiger partial charge in [-0.15, -0.1) is 0 Å². The molecule has 0 saturated carbocycles. The smallest absolute Gasteiger partial charge is 0.126 e. The number of aromatic nitrogens is 1. The van der Waals surface area contributed by atoms with E-state index in [9.17, 15) is 4.39 Å². The molecule has 1 saturated heterocycles. The van der Waals surface area contributed by atoms with Crippen molar-refractivity contribution in [3.05, 3.63) is 66.1 Å². The van der Waals surface area contributed by atoms with E-state index in [1.807, 2.05) is 30.3 Å². The zero-order valence-corrected chi connectivity index (χ0v) is 17.9. The molecule has 5 nitrogen and oxygen atoms in total. The van der Waals surface area contributed by atoms with Gasteiger partial charge in [0.25, 0.3) is 0 Å². The Morgan fingerprint density at radius 3 is 2.71 bits per heavy atom. The van der Waals surface area contributed by atoms with Crippen molar-refractivity contribution < 1.29 is 9.13 Å². The average molecular weight is 421 g/mol. The normalized spacial score (nSPS) is 14.5. The molecule has 4 rings (SSSR count). The number of nitrogens with zero attached hydrogens (tertiary/aromatic N) is 2. The summed E-state index contributed by atoms with van der Waals surface area (Å²) in [6.07, 6.45) is 2.80. The summed E-state index contributed by atoms with van der Waals surface area (Å²) in [4.78, 5) is 7.01. The number of pyridine rings is 1. The summed E-state index contributed by atoms with van der Waals surface area (Å²) >= 11 is 0. The van der Waals surface area contributed by atoms with Crippen molar-refractivity contribution >= 4 is 11.4 Å². The molecule has 1 aliphatic rings.